The fourth-order valence-corrected chi connectivity index (χ4v) is 1.70. The summed E-state index contributed by atoms with van der Waals surface area (Å²) in [7, 11) is 0. The van der Waals surface area contributed by atoms with Crippen LogP contribution in [0.1, 0.15) is 11.1 Å². The van der Waals surface area contributed by atoms with Gasteiger partial charge in [-0.2, -0.15) is 10.5 Å². The van der Waals surface area contributed by atoms with Gasteiger partial charge in [0.15, 0.2) is 0 Å². The van der Waals surface area contributed by atoms with Crippen LogP contribution in [0.4, 0.5) is 0 Å². The van der Waals surface area contributed by atoms with Crippen molar-refractivity contribution in [2.75, 3.05) is 0 Å². The van der Waals surface area contributed by atoms with Gasteiger partial charge in [0, 0.05) is 0 Å². The van der Waals surface area contributed by atoms with Crippen molar-refractivity contribution in [2.24, 2.45) is 0 Å². The van der Waals surface area contributed by atoms with Crippen LogP contribution in [0.15, 0.2) is 54.1 Å². The van der Waals surface area contributed by atoms with E-state index in [4.69, 9.17) is 15.3 Å². The summed E-state index contributed by atoms with van der Waals surface area (Å²) < 4.78 is 5.72. The molecule has 20 heavy (non-hydrogen) atoms. The van der Waals surface area contributed by atoms with Gasteiger partial charge in [0.05, 0.1) is 0 Å². The van der Waals surface area contributed by atoms with E-state index in [0.29, 0.717) is 5.75 Å². The van der Waals surface area contributed by atoms with E-state index in [2.05, 4.69) is 0 Å². The number of aryl methyl sites for hydroxylation is 1. The highest BCUT2D eigenvalue weighted by molar-refractivity contribution is 5.62. The number of hydrogen-bond acceptors (Lipinski definition) is 3. The molecule has 96 valence electrons. The van der Waals surface area contributed by atoms with Crippen molar-refractivity contribution in [1.82, 2.24) is 0 Å². The van der Waals surface area contributed by atoms with Gasteiger partial charge < -0.3 is 4.74 Å². The molecule has 2 aromatic rings. The van der Waals surface area contributed by atoms with Gasteiger partial charge in [-0.05, 0) is 48.4 Å². The minimum absolute atomic E-state index is 0.0809. The predicted octanol–water partition coefficient (Wildman–Crippen LogP) is 4.22. The molecule has 0 unspecified atom stereocenters. The molecular formula is C17H12N2O. The molecule has 0 saturated heterocycles. The monoisotopic (exact) mass is 260 g/mol. The number of ether oxygens (including phenoxy) is 1. The second-order valence-corrected chi connectivity index (χ2v) is 4.27. The molecule has 0 heterocycles. The first-order valence-electron chi connectivity index (χ1n) is 6.08. The van der Waals surface area contributed by atoms with Crippen LogP contribution in [0.5, 0.6) is 11.5 Å². The Morgan fingerprint density at radius 2 is 1.70 bits per heavy atom. The minimum Gasteiger partial charge on any atom is -0.457 e. The molecule has 3 heteroatoms. The van der Waals surface area contributed by atoms with Gasteiger partial charge in [0.2, 0.25) is 0 Å². The Balaban J connectivity index is 2.16. The quantitative estimate of drug-likeness (QED) is 0.776. The van der Waals surface area contributed by atoms with E-state index in [1.165, 1.54) is 6.08 Å². The number of allylic oxidation sites excluding steroid dienone is 1. The Morgan fingerprint density at radius 3 is 2.30 bits per heavy atom. The van der Waals surface area contributed by atoms with Crippen LogP contribution < -0.4 is 4.74 Å². The SMILES string of the molecule is Cc1cccc(Oc2ccc(C=C(C#N)C#N)cc2)c1. The first kappa shape index (κ1) is 13.4. The molecule has 0 saturated carbocycles. The summed E-state index contributed by atoms with van der Waals surface area (Å²) >= 11 is 0. The summed E-state index contributed by atoms with van der Waals surface area (Å²) in [6.07, 6.45) is 1.54. The lowest BCUT2D eigenvalue weighted by atomic mass is 10.1. The number of nitrogens with zero attached hydrogens (tertiary/aromatic N) is 2. The molecule has 0 bridgehead atoms. The van der Waals surface area contributed by atoms with Gasteiger partial charge >= 0.3 is 0 Å². The van der Waals surface area contributed by atoms with Gasteiger partial charge in [-0.15, -0.1) is 0 Å². The molecule has 0 radical (unpaired) electrons. The Bertz CT molecular complexity index is 700. The lowest BCUT2D eigenvalue weighted by Gasteiger charge is -2.06. The molecule has 0 aliphatic carbocycles. The average molecular weight is 260 g/mol. The van der Waals surface area contributed by atoms with Crippen molar-refractivity contribution in [3.8, 4) is 23.6 Å². The number of nitriles is 2. The normalized spacial score (nSPS) is 9.15. The van der Waals surface area contributed by atoms with Gasteiger partial charge in [0.1, 0.15) is 29.2 Å². The molecule has 2 aromatic carbocycles. The van der Waals surface area contributed by atoms with Gasteiger partial charge in [-0.3, -0.25) is 0 Å². The number of rotatable bonds is 3. The van der Waals surface area contributed by atoms with E-state index < -0.39 is 0 Å². The largest absolute Gasteiger partial charge is 0.457 e. The van der Waals surface area contributed by atoms with Crippen LogP contribution in [0.25, 0.3) is 6.08 Å². The van der Waals surface area contributed by atoms with E-state index in [-0.39, 0.29) is 5.57 Å². The smallest absolute Gasteiger partial charge is 0.130 e. The van der Waals surface area contributed by atoms with E-state index in [1.807, 2.05) is 43.3 Å². The first-order valence-corrected chi connectivity index (χ1v) is 6.08. The molecule has 0 aliphatic heterocycles. The summed E-state index contributed by atoms with van der Waals surface area (Å²) in [6, 6.07) is 18.7. The Hall–Kier alpha value is -3.04. The van der Waals surface area contributed by atoms with Crippen molar-refractivity contribution in [3.63, 3.8) is 0 Å². The molecule has 2 rings (SSSR count). The number of benzene rings is 2. The van der Waals surface area contributed by atoms with Crippen LogP contribution in [0.3, 0.4) is 0 Å². The van der Waals surface area contributed by atoms with Crippen LogP contribution >= 0.6 is 0 Å². The zero-order chi connectivity index (χ0) is 14.4. The molecule has 3 nitrogen and oxygen atoms in total. The molecule has 0 aliphatic rings. The maximum Gasteiger partial charge on any atom is 0.130 e. The van der Waals surface area contributed by atoms with E-state index in [0.717, 1.165) is 16.9 Å². The average Bonchev–Trinajstić information content (AvgIpc) is 2.46. The Labute approximate surface area is 118 Å². The first-order chi connectivity index (χ1) is 9.71. The van der Waals surface area contributed by atoms with Gasteiger partial charge in [-0.1, -0.05) is 24.3 Å². The van der Waals surface area contributed by atoms with Crippen molar-refractivity contribution in [1.29, 1.82) is 10.5 Å². The summed E-state index contributed by atoms with van der Waals surface area (Å²) in [5.74, 6) is 1.49. The summed E-state index contributed by atoms with van der Waals surface area (Å²) in [5, 5.41) is 17.4. The second kappa shape index (κ2) is 6.22. The Kier molecular flexibility index (Phi) is 4.17. The highest BCUT2D eigenvalue weighted by atomic mass is 16.5. The summed E-state index contributed by atoms with van der Waals surface area (Å²) in [5.41, 5.74) is 2.01. The standard InChI is InChI=1S/C17H12N2O/c1-13-3-2-4-17(9-13)20-16-7-5-14(6-8-16)10-15(11-18)12-19/h2-10H,1H3. The predicted molar refractivity (Wildman–Crippen MR) is 76.9 cm³/mol. The van der Waals surface area contributed by atoms with Gasteiger partial charge in [-0.25, -0.2) is 0 Å². The lowest BCUT2D eigenvalue weighted by Crippen LogP contribution is -1.85. The fourth-order valence-electron chi connectivity index (χ4n) is 1.70. The molecule has 0 N–H and O–H groups in total. The molecule has 0 aromatic heterocycles. The third kappa shape index (κ3) is 3.48. The minimum atomic E-state index is 0.0809. The third-order valence-corrected chi connectivity index (χ3v) is 2.66. The van der Waals surface area contributed by atoms with Crippen LogP contribution in [-0.4, -0.2) is 0 Å². The molecule has 0 spiro atoms. The summed E-state index contributed by atoms with van der Waals surface area (Å²) in [6.45, 7) is 2.01. The number of hydrogen-bond donors (Lipinski definition) is 0. The van der Waals surface area contributed by atoms with Crippen LogP contribution in [-0.2, 0) is 0 Å². The zero-order valence-electron chi connectivity index (χ0n) is 11.0. The highest BCUT2D eigenvalue weighted by Crippen LogP contribution is 2.22. The van der Waals surface area contributed by atoms with Crippen molar-refractivity contribution >= 4 is 6.08 Å². The third-order valence-electron chi connectivity index (χ3n) is 2.66. The Morgan fingerprint density at radius 1 is 1.00 bits per heavy atom. The van der Waals surface area contributed by atoms with Gasteiger partial charge in [0.25, 0.3) is 0 Å². The van der Waals surface area contributed by atoms with E-state index in [9.17, 15) is 0 Å². The molecular weight excluding hydrogens is 248 g/mol. The maximum atomic E-state index is 8.70. The second-order valence-electron chi connectivity index (χ2n) is 4.27. The topological polar surface area (TPSA) is 56.8 Å². The highest BCUT2D eigenvalue weighted by Gasteiger charge is 1.98. The van der Waals surface area contributed by atoms with E-state index >= 15 is 0 Å². The van der Waals surface area contributed by atoms with E-state index in [1.54, 1.807) is 24.3 Å². The van der Waals surface area contributed by atoms with Crippen LogP contribution in [0, 0.1) is 29.6 Å². The molecule has 0 atom stereocenters. The zero-order valence-corrected chi connectivity index (χ0v) is 11.0. The maximum absolute atomic E-state index is 8.70. The van der Waals surface area contributed by atoms with Crippen molar-refractivity contribution in [2.45, 2.75) is 6.92 Å². The lowest BCUT2D eigenvalue weighted by molar-refractivity contribution is 0.482. The summed E-state index contributed by atoms with van der Waals surface area (Å²) in [4.78, 5) is 0. The van der Waals surface area contributed by atoms with Crippen molar-refractivity contribution < 1.29 is 4.74 Å². The molecule has 0 fully saturated rings. The van der Waals surface area contributed by atoms with Crippen molar-refractivity contribution in [3.05, 3.63) is 65.2 Å². The van der Waals surface area contributed by atoms with Crippen LogP contribution in [0.2, 0.25) is 0 Å². The fraction of sp³-hybridized carbons (Fsp3) is 0.0588. The molecule has 0 amide bonds.